The number of aromatic amines is 1. The standard InChI is InChI=1S/C22H26N4O/c1-13(12-26(3)4)9-24-19-8-16(27)7-15-5-6-18-21(20(15)19)17-11-23-10-14(2)22(17)25-18/h5-8,10-11,13,24-25,27H,9,12H2,1-4H3. The van der Waals surface area contributed by atoms with Crippen molar-refractivity contribution in [3.05, 3.63) is 42.2 Å². The summed E-state index contributed by atoms with van der Waals surface area (Å²) in [6.07, 6.45) is 3.81. The number of phenolic OH excluding ortho intramolecular Hbond substituents is 1. The maximum atomic E-state index is 10.2. The van der Waals surface area contributed by atoms with Crippen LogP contribution in [0.2, 0.25) is 0 Å². The Bertz CT molecular complexity index is 1130. The normalized spacial score (nSPS) is 13.1. The van der Waals surface area contributed by atoms with Crippen molar-refractivity contribution in [2.45, 2.75) is 13.8 Å². The van der Waals surface area contributed by atoms with Crippen molar-refractivity contribution in [2.24, 2.45) is 5.92 Å². The van der Waals surface area contributed by atoms with Crippen LogP contribution in [0.1, 0.15) is 12.5 Å². The number of pyridine rings is 1. The van der Waals surface area contributed by atoms with Gasteiger partial charge in [-0.15, -0.1) is 0 Å². The van der Waals surface area contributed by atoms with Crippen molar-refractivity contribution in [3.63, 3.8) is 0 Å². The number of fused-ring (bicyclic) bond motifs is 5. The van der Waals surface area contributed by atoms with Gasteiger partial charge in [-0.2, -0.15) is 0 Å². The van der Waals surface area contributed by atoms with Gasteiger partial charge in [0.1, 0.15) is 5.75 Å². The van der Waals surface area contributed by atoms with Gasteiger partial charge >= 0.3 is 0 Å². The number of aromatic hydroxyl groups is 1. The molecule has 0 saturated carbocycles. The molecule has 4 rings (SSSR count). The Morgan fingerprint density at radius 1 is 1.19 bits per heavy atom. The van der Waals surface area contributed by atoms with Gasteiger partial charge in [-0.25, -0.2) is 0 Å². The predicted molar refractivity (Wildman–Crippen MR) is 114 cm³/mol. The molecule has 3 N–H and O–H groups in total. The van der Waals surface area contributed by atoms with Gasteiger partial charge < -0.3 is 20.3 Å². The van der Waals surface area contributed by atoms with Gasteiger partial charge in [-0.05, 0) is 50.0 Å². The predicted octanol–water partition coefficient (Wildman–Crippen LogP) is 4.49. The molecule has 2 aromatic heterocycles. The number of hydrogen-bond acceptors (Lipinski definition) is 4. The van der Waals surface area contributed by atoms with Crippen LogP contribution in [-0.2, 0) is 0 Å². The molecule has 0 spiro atoms. The van der Waals surface area contributed by atoms with E-state index in [4.69, 9.17) is 0 Å². The van der Waals surface area contributed by atoms with E-state index in [0.29, 0.717) is 5.92 Å². The average Bonchev–Trinajstić information content (AvgIpc) is 2.99. The molecule has 0 aliphatic rings. The Morgan fingerprint density at radius 3 is 2.78 bits per heavy atom. The van der Waals surface area contributed by atoms with E-state index in [-0.39, 0.29) is 5.75 Å². The third-order valence-electron chi connectivity index (χ3n) is 5.08. The van der Waals surface area contributed by atoms with E-state index < -0.39 is 0 Å². The van der Waals surface area contributed by atoms with Gasteiger partial charge in [0.2, 0.25) is 0 Å². The molecule has 0 aliphatic carbocycles. The van der Waals surface area contributed by atoms with Gasteiger partial charge in [-0.1, -0.05) is 13.0 Å². The van der Waals surface area contributed by atoms with Crippen molar-refractivity contribution in [3.8, 4) is 5.75 Å². The van der Waals surface area contributed by atoms with Crippen LogP contribution in [0.15, 0.2) is 36.7 Å². The van der Waals surface area contributed by atoms with Crippen molar-refractivity contribution in [1.82, 2.24) is 14.9 Å². The molecule has 140 valence electrons. The highest BCUT2D eigenvalue weighted by Crippen LogP contribution is 2.38. The number of hydrogen-bond donors (Lipinski definition) is 3. The van der Waals surface area contributed by atoms with Crippen LogP contribution < -0.4 is 5.32 Å². The lowest BCUT2D eigenvalue weighted by molar-refractivity contribution is 0.348. The van der Waals surface area contributed by atoms with Crippen LogP contribution in [0.5, 0.6) is 5.75 Å². The quantitative estimate of drug-likeness (QED) is 0.489. The Hall–Kier alpha value is -2.79. The number of H-pyrrole nitrogens is 1. The summed E-state index contributed by atoms with van der Waals surface area (Å²) in [4.78, 5) is 10.1. The lowest BCUT2D eigenvalue weighted by Crippen LogP contribution is -2.24. The highest BCUT2D eigenvalue weighted by molar-refractivity contribution is 6.24. The average molecular weight is 362 g/mol. The topological polar surface area (TPSA) is 64.2 Å². The molecule has 5 nitrogen and oxygen atoms in total. The molecule has 2 aromatic carbocycles. The van der Waals surface area contributed by atoms with Crippen molar-refractivity contribution >= 4 is 38.3 Å². The van der Waals surface area contributed by atoms with E-state index in [0.717, 1.165) is 56.9 Å². The summed E-state index contributed by atoms with van der Waals surface area (Å²) >= 11 is 0. The second kappa shape index (κ2) is 6.74. The first kappa shape index (κ1) is 17.6. The number of nitrogens with zero attached hydrogens (tertiary/aromatic N) is 2. The van der Waals surface area contributed by atoms with Crippen LogP contribution in [-0.4, -0.2) is 47.2 Å². The largest absolute Gasteiger partial charge is 0.508 e. The second-order valence-electron chi connectivity index (χ2n) is 7.83. The fourth-order valence-corrected chi connectivity index (χ4v) is 4.00. The zero-order chi connectivity index (χ0) is 19.1. The number of anilines is 1. The summed E-state index contributed by atoms with van der Waals surface area (Å²) in [5, 5.41) is 18.2. The molecule has 5 heteroatoms. The molecule has 0 amide bonds. The number of phenols is 1. The molecule has 0 aliphatic heterocycles. The summed E-state index contributed by atoms with van der Waals surface area (Å²) in [6.45, 7) is 6.15. The summed E-state index contributed by atoms with van der Waals surface area (Å²) in [5.74, 6) is 0.766. The van der Waals surface area contributed by atoms with Gasteiger partial charge in [0.25, 0.3) is 0 Å². The summed E-state index contributed by atoms with van der Waals surface area (Å²) in [7, 11) is 4.18. The fourth-order valence-electron chi connectivity index (χ4n) is 4.00. The lowest BCUT2D eigenvalue weighted by atomic mass is 10.0. The van der Waals surface area contributed by atoms with Gasteiger partial charge in [0.15, 0.2) is 0 Å². The fraction of sp³-hybridized carbons (Fsp3) is 0.318. The molecule has 2 heterocycles. The number of aromatic nitrogens is 2. The zero-order valence-electron chi connectivity index (χ0n) is 16.3. The first-order valence-electron chi connectivity index (χ1n) is 9.34. The summed E-state index contributed by atoms with van der Waals surface area (Å²) < 4.78 is 0. The molecule has 27 heavy (non-hydrogen) atoms. The first-order valence-corrected chi connectivity index (χ1v) is 9.34. The Morgan fingerprint density at radius 2 is 2.00 bits per heavy atom. The van der Waals surface area contributed by atoms with Crippen LogP contribution >= 0.6 is 0 Å². The van der Waals surface area contributed by atoms with Crippen molar-refractivity contribution in [2.75, 3.05) is 32.5 Å². The first-order chi connectivity index (χ1) is 12.9. The molecule has 1 unspecified atom stereocenters. The van der Waals surface area contributed by atoms with Gasteiger partial charge in [0.05, 0.1) is 5.52 Å². The molecule has 0 saturated heterocycles. The van der Waals surface area contributed by atoms with Gasteiger partial charge in [-0.3, -0.25) is 4.98 Å². The number of rotatable bonds is 5. The van der Waals surface area contributed by atoms with Crippen LogP contribution in [0.25, 0.3) is 32.6 Å². The molecule has 0 bridgehead atoms. The highest BCUT2D eigenvalue weighted by Gasteiger charge is 2.14. The smallest absolute Gasteiger partial charge is 0.118 e. The minimum Gasteiger partial charge on any atom is -0.508 e. The monoisotopic (exact) mass is 362 g/mol. The van der Waals surface area contributed by atoms with Gasteiger partial charge in [0, 0.05) is 58.9 Å². The summed E-state index contributed by atoms with van der Waals surface area (Å²) in [5.41, 5.74) is 4.30. The van der Waals surface area contributed by atoms with E-state index in [1.54, 1.807) is 0 Å². The summed E-state index contributed by atoms with van der Waals surface area (Å²) in [6, 6.07) is 7.79. The zero-order valence-corrected chi connectivity index (χ0v) is 16.3. The molecule has 0 fully saturated rings. The van der Waals surface area contributed by atoms with Crippen LogP contribution in [0.4, 0.5) is 5.69 Å². The molecule has 0 radical (unpaired) electrons. The van der Waals surface area contributed by atoms with E-state index >= 15 is 0 Å². The third kappa shape index (κ3) is 3.19. The van der Waals surface area contributed by atoms with Crippen LogP contribution in [0, 0.1) is 12.8 Å². The second-order valence-corrected chi connectivity index (χ2v) is 7.83. The Labute approximate surface area is 159 Å². The van der Waals surface area contributed by atoms with Crippen LogP contribution in [0.3, 0.4) is 0 Å². The third-order valence-corrected chi connectivity index (χ3v) is 5.08. The maximum absolute atomic E-state index is 10.2. The molecular weight excluding hydrogens is 336 g/mol. The maximum Gasteiger partial charge on any atom is 0.118 e. The number of aryl methyl sites for hydroxylation is 1. The van der Waals surface area contributed by atoms with Crippen molar-refractivity contribution in [1.29, 1.82) is 0 Å². The minimum absolute atomic E-state index is 0.277. The molecular formula is C22H26N4O. The van der Waals surface area contributed by atoms with E-state index in [1.807, 2.05) is 24.5 Å². The van der Waals surface area contributed by atoms with Crippen molar-refractivity contribution < 1.29 is 5.11 Å². The SMILES string of the molecule is Cc1cncc2c1[nH]c1ccc3cc(O)cc(NCC(C)CN(C)C)c3c12. The number of nitrogens with one attached hydrogen (secondary N) is 2. The highest BCUT2D eigenvalue weighted by atomic mass is 16.3. The van der Waals surface area contributed by atoms with E-state index in [1.165, 1.54) is 0 Å². The Kier molecular flexibility index (Phi) is 4.40. The number of benzene rings is 2. The minimum atomic E-state index is 0.277. The van der Waals surface area contributed by atoms with E-state index in [9.17, 15) is 5.11 Å². The molecule has 1 atom stereocenters. The molecule has 4 aromatic rings. The Balaban J connectivity index is 1.90. The lowest BCUT2D eigenvalue weighted by Gasteiger charge is -2.19. The van der Waals surface area contributed by atoms with E-state index in [2.05, 4.69) is 60.3 Å².